The molecule has 0 unspecified atom stereocenters. The SMILES string of the molecule is Cc1c(Nc2ncc3c(n2)[nH]c(=O)n3C)ccc(C#N)c1F. The molecule has 110 valence electrons. The summed E-state index contributed by atoms with van der Waals surface area (Å²) >= 11 is 0. The number of imidazole rings is 1. The number of aryl methyl sites for hydroxylation is 1. The molecule has 0 radical (unpaired) electrons. The van der Waals surface area contributed by atoms with E-state index < -0.39 is 5.82 Å². The van der Waals surface area contributed by atoms with Crippen molar-refractivity contribution in [2.24, 2.45) is 7.05 Å². The summed E-state index contributed by atoms with van der Waals surface area (Å²) in [6, 6.07) is 4.75. The van der Waals surface area contributed by atoms with Crippen LogP contribution in [0, 0.1) is 24.1 Å². The van der Waals surface area contributed by atoms with Gasteiger partial charge in [-0.15, -0.1) is 0 Å². The Labute approximate surface area is 124 Å². The molecule has 0 fully saturated rings. The van der Waals surface area contributed by atoms with Gasteiger partial charge in [-0.2, -0.15) is 10.2 Å². The van der Waals surface area contributed by atoms with Crippen molar-refractivity contribution in [3.63, 3.8) is 0 Å². The highest BCUT2D eigenvalue weighted by Gasteiger charge is 2.11. The van der Waals surface area contributed by atoms with Gasteiger partial charge in [-0.3, -0.25) is 9.55 Å². The molecule has 0 aliphatic heterocycles. The Kier molecular flexibility index (Phi) is 3.10. The van der Waals surface area contributed by atoms with E-state index in [0.29, 0.717) is 22.4 Å². The summed E-state index contributed by atoms with van der Waals surface area (Å²) in [7, 11) is 1.61. The predicted octanol–water partition coefficient (Wildman–Crippen LogP) is 1.72. The molecule has 0 aliphatic carbocycles. The van der Waals surface area contributed by atoms with Gasteiger partial charge in [0.2, 0.25) is 5.95 Å². The molecule has 22 heavy (non-hydrogen) atoms. The number of hydrogen-bond acceptors (Lipinski definition) is 5. The molecular formula is C14H11FN6O. The summed E-state index contributed by atoms with van der Waals surface area (Å²) in [5, 5.41) is 11.7. The number of anilines is 2. The van der Waals surface area contributed by atoms with Crippen molar-refractivity contribution >= 4 is 22.8 Å². The van der Waals surface area contributed by atoms with E-state index >= 15 is 0 Å². The van der Waals surface area contributed by atoms with Gasteiger partial charge in [0.15, 0.2) is 5.65 Å². The first-order valence-corrected chi connectivity index (χ1v) is 6.39. The number of fused-ring (bicyclic) bond motifs is 1. The van der Waals surface area contributed by atoms with Crippen molar-refractivity contribution < 1.29 is 4.39 Å². The van der Waals surface area contributed by atoms with Crippen LogP contribution in [0.2, 0.25) is 0 Å². The fraction of sp³-hybridized carbons (Fsp3) is 0.143. The second-order valence-electron chi connectivity index (χ2n) is 4.75. The molecule has 3 aromatic rings. The molecule has 1 aromatic carbocycles. The summed E-state index contributed by atoms with van der Waals surface area (Å²) in [6.07, 6.45) is 1.50. The van der Waals surface area contributed by atoms with Gasteiger partial charge in [0.25, 0.3) is 0 Å². The van der Waals surface area contributed by atoms with Crippen LogP contribution < -0.4 is 11.0 Å². The number of halogens is 1. The second kappa shape index (κ2) is 4.96. The highest BCUT2D eigenvalue weighted by molar-refractivity contribution is 5.72. The lowest BCUT2D eigenvalue weighted by molar-refractivity contribution is 0.615. The van der Waals surface area contributed by atoms with Crippen LogP contribution in [0.5, 0.6) is 0 Å². The van der Waals surface area contributed by atoms with Crippen LogP contribution in [0.25, 0.3) is 11.2 Å². The van der Waals surface area contributed by atoms with Crippen LogP contribution in [0.15, 0.2) is 23.1 Å². The van der Waals surface area contributed by atoms with Gasteiger partial charge in [0.1, 0.15) is 17.4 Å². The molecule has 0 spiro atoms. The van der Waals surface area contributed by atoms with E-state index in [-0.39, 0.29) is 17.2 Å². The minimum Gasteiger partial charge on any atom is -0.324 e. The number of hydrogen-bond donors (Lipinski definition) is 2. The largest absolute Gasteiger partial charge is 0.327 e. The predicted molar refractivity (Wildman–Crippen MR) is 78.3 cm³/mol. The number of nitrogens with zero attached hydrogens (tertiary/aromatic N) is 4. The molecule has 2 N–H and O–H groups in total. The fourth-order valence-corrected chi connectivity index (χ4v) is 2.09. The first-order valence-electron chi connectivity index (χ1n) is 6.39. The topological polar surface area (TPSA) is 99.4 Å². The third kappa shape index (κ3) is 2.09. The van der Waals surface area contributed by atoms with Crippen LogP contribution in [-0.4, -0.2) is 19.5 Å². The van der Waals surface area contributed by atoms with E-state index in [1.807, 2.05) is 0 Å². The molecule has 2 heterocycles. The van der Waals surface area contributed by atoms with Crippen molar-refractivity contribution in [3.8, 4) is 6.07 Å². The van der Waals surface area contributed by atoms with E-state index in [2.05, 4.69) is 20.3 Å². The standard InChI is InChI=1S/C14H11FN6O/c1-7-9(4-3-8(5-16)11(7)15)18-13-17-6-10-12(19-13)20-14(22)21(10)2/h3-4,6H,1-2H3,(H2,17,18,19,20,22). The molecule has 3 rings (SSSR count). The lowest BCUT2D eigenvalue weighted by Gasteiger charge is -2.09. The Hall–Kier alpha value is -3.21. The first-order chi connectivity index (χ1) is 10.5. The van der Waals surface area contributed by atoms with E-state index in [1.165, 1.54) is 16.8 Å². The van der Waals surface area contributed by atoms with E-state index in [1.54, 1.807) is 26.1 Å². The fourth-order valence-electron chi connectivity index (χ4n) is 2.09. The quantitative estimate of drug-likeness (QED) is 0.750. The molecule has 8 heteroatoms. The highest BCUT2D eigenvalue weighted by Crippen LogP contribution is 2.23. The van der Waals surface area contributed by atoms with Crippen molar-refractivity contribution in [1.29, 1.82) is 5.26 Å². The molecule has 2 aromatic heterocycles. The number of nitrogens with one attached hydrogen (secondary N) is 2. The first kappa shape index (κ1) is 13.8. The Morgan fingerprint density at radius 3 is 2.95 bits per heavy atom. The molecular weight excluding hydrogens is 287 g/mol. The van der Waals surface area contributed by atoms with Crippen molar-refractivity contribution in [2.45, 2.75) is 6.92 Å². The monoisotopic (exact) mass is 298 g/mol. The summed E-state index contributed by atoms with van der Waals surface area (Å²) in [5.41, 5.74) is 1.39. The zero-order valence-corrected chi connectivity index (χ0v) is 11.8. The van der Waals surface area contributed by atoms with Gasteiger partial charge >= 0.3 is 5.69 Å². The van der Waals surface area contributed by atoms with Crippen LogP contribution >= 0.6 is 0 Å². The Balaban J connectivity index is 2.02. The van der Waals surface area contributed by atoms with Crippen LogP contribution in [-0.2, 0) is 7.05 Å². The molecule has 0 aliphatic rings. The van der Waals surface area contributed by atoms with Crippen molar-refractivity contribution in [1.82, 2.24) is 19.5 Å². The molecule has 0 atom stereocenters. The summed E-state index contributed by atoms with van der Waals surface area (Å²) in [5.74, 6) is -0.358. The van der Waals surface area contributed by atoms with E-state index in [4.69, 9.17) is 5.26 Å². The highest BCUT2D eigenvalue weighted by atomic mass is 19.1. The normalized spacial score (nSPS) is 10.6. The summed E-state index contributed by atoms with van der Waals surface area (Å²) in [4.78, 5) is 22.4. The van der Waals surface area contributed by atoms with Gasteiger partial charge in [0.05, 0.1) is 11.8 Å². The Morgan fingerprint density at radius 1 is 1.45 bits per heavy atom. The number of aromatic amines is 1. The zero-order chi connectivity index (χ0) is 15.9. The van der Waals surface area contributed by atoms with Crippen molar-refractivity contribution in [3.05, 3.63) is 45.8 Å². The smallest absolute Gasteiger partial charge is 0.324 e. The number of benzene rings is 1. The third-order valence-corrected chi connectivity index (χ3v) is 3.41. The molecule has 0 saturated heterocycles. The maximum atomic E-state index is 13.9. The van der Waals surface area contributed by atoms with Gasteiger partial charge in [-0.25, -0.2) is 14.2 Å². The zero-order valence-electron chi connectivity index (χ0n) is 11.8. The minimum atomic E-state index is -0.582. The maximum Gasteiger partial charge on any atom is 0.327 e. The van der Waals surface area contributed by atoms with Gasteiger partial charge in [-0.05, 0) is 19.1 Å². The van der Waals surface area contributed by atoms with Gasteiger partial charge in [0, 0.05) is 18.3 Å². The number of H-pyrrole nitrogens is 1. The molecule has 0 saturated carbocycles. The Bertz CT molecular complexity index is 981. The van der Waals surface area contributed by atoms with Gasteiger partial charge < -0.3 is 5.32 Å². The molecule has 7 nitrogen and oxygen atoms in total. The summed E-state index contributed by atoms with van der Waals surface area (Å²) < 4.78 is 15.3. The lowest BCUT2D eigenvalue weighted by Crippen LogP contribution is -2.11. The number of nitriles is 1. The van der Waals surface area contributed by atoms with Crippen LogP contribution in [0.3, 0.4) is 0 Å². The van der Waals surface area contributed by atoms with Gasteiger partial charge in [-0.1, -0.05) is 0 Å². The lowest BCUT2D eigenvalue weighted by atomic mass is 10.1. The van der Waals surface area contributed by atoms with Crippen LogP contribution in [0.4, 0.5) is 16.0 Å². The van der Waals surface area contributed by atoms with E-state index in [9.17, 15) is 9.18 Å². The third-order valence-electron chi connectivity index (χ3n) is 3.41. The average molecular weight is 298 g/mol. The van der Waals surface area contributed by atoms with Crippen LogP contribution in [0.1, 0.15) is 11.1 Å². The average Bonchev–Trinajstić information content (AvgIpc) is 2.79. The minimum absolute atomic E-state index is 0.0215. The summed E-state index contributed by atoms with van der Waals surface area (Å²) in [6.45, 7) is 1.56. The number of rotatable bonds is 2. The molecule has 0 amide bonds. The van der Waals surface area contributed by atoms with E-state index in [0.717, 1.165) is 0 Å². The maximum absolute atomic E-state index is 13.9. The Morgan fingerprint density at radius 2 is 2.23 bits per heavy atom. The second-order valence-corrected chi connectivity index (χ2v) is 4.75. The van der Waals surface area contributed by atoms with Crippen molar-refractivity contribution in [2.75, 3.05) is 5.32 Å². The number of aromatic nitrogens is 4. The molecule has 0 bridgehead atoms.